The molecule has 9 heteroatoms. The molecule has 0 bridgehead atoms. The van der Waals surface area contributed by atoms with Gasteiger partial charge in [0.2, 0.25) is 5.91 Å². The van der Waals surface area contributed by atoms with Crippen molar-refractivity contribution in [2.24, 2.45) is 17.3 Å². The van der Waals surface area contributed by atoms with Gasteiger partial charge in [-0.15, -0.1) is 11.3 Å². The molecule has 3 rings (SSSR count). The number of aromatic nitrogens is 1. The molecule has 1 unspecified atom stereocenters. The predicted molar refractivity (Wildman–Crippen MR) is 139 cm³/mol. The summed E-state index contributed by atoms with van der Waals surface area (Å²) in [5, 5.41) is 36.6. The number of thiazole rings is 1. The highest BCUT2D eigenvalue weighted by Gasteiger charge is 2.52. The summed E-state index contributed by atoms with van der Waals surface area (Å²) in [5.41, 5.74) is 0.135. The Morgan fingerprint density at radius 1 is 1.28 bits per heavy atom. The Balaban J connectivity index is 1.85. The molecule has 1 aromatic rings. The lowest BCUT2D eigenvalue weighted by atomic mass is 9.72. The summed E-state index contributed by atoms with van der Waals surface area (Å²) < 4.78 is 6.08. The van der Waals surface area contributed by atoms with Gasteiger partial charge in [-0.25, -0.2) is 4.98 Å². The van der Waals surface area contributed by atoms with Gasteiger partial charge in [0, 0.05) is 17.7 Å². The standard InChI is InChI=1S/C27H42N2O6S/c1-15-8-7-9-27(6)21(35-27)11-19(16(2)10-18-14-36-23(13-30)28-18)29-22(32)12-20(31)26(4,5)25(34)17(3)24(15)33/h10,14-15,17,19-21,24,30-31,33H,7-9,11-13H2,1-6H3,(H,29,32)/b16-10+/t15-,17+,19?,20-,21-,24-,27+/m0/s1. The maximum atomic E-state index is 13.2. The van der Waals surface area contributed by atoms with Crippen LogP contribution in [0.2, 0.25) is 0 Å². The number of epoxide rings is 1. The molecule has 1 amide bonds. The summed E-state index contributed by atoms with van der Waals surface area (Å²) >= 11 is 1.37. The number of nitrogens with one attached hydrogen (secondary N) is 1. The van der Waals surface area contributed by atoms with E-state index in [1.165, 1.54) is 11.3 Å². The van der Waals surface area contributed by atoms with Crippen molar-refractivity contribution in [2.45, 2.75) is 110 Å². The average molecular weight is 523 g/mol. The van der Waals surface area contributed by atoms with Crippen molar-refractivity contribution in [3.8, 4) is 0 Å². The van der Waals surface area contributed by atoms with Crippen LogP contribution in [-0.2, 0) is 20.9 Å². The van der Waals surface area contributed by atoms with Crippen LogP contribution in [0, 0.1) is 17.3 Å². The molecule has 0 radical (unpaired) electrons. The Morgan fingerprint density at radius 3 is 2.61 bits per heavy atom. The number of rotatable bonds is 3. The lowest BCUT2D eigenvalue weighted by Crippen LogP contribution is -2.47. The third-order valence-electron chi connectivity index (χ3n) is 8.14. The zero-order valence-electron chi connectivity index (χ0n) is 22.3. The van der Waals surface area contributed by atoms with E-state index in [0.29, 0.717) is 11.4 Å². The van der Waals surface area contributed by atoms with E-state index in [1.807, 2.05) is 25.3 Å². The second-order valence-electron chi connectivity index (χ2n) is 11.4. The molecule has 8 nitrogen and oxygen atoms in total. The highest BCUT2D eigenvalue weighted by Crippen LogP contribution is 2.44. The van der Waals surface area contributed by atoms with Crippen LogP contribution in [0.15, 0.2) is 11.0 Å². The minimum atomic E-state index is -1.19. The first-order chi connectivity index (χ1) is 16.8. The van der Waals surface area contributed by atoms with Crippen LogP contribution in [-0.4, -0.2) is 61.9 Å². The van der Waals surface area contributed by atoms with Gasteiger partial charge in [-0.05, 0) is 44.3 Å². The number of ether oxygens (including phenoxy) is 1. The lowest BCUT2D eigenvalue weighted by Gasteiger charge is -2.34. The van der Waals surface area contributed by atoms with E-state index < -0.39 is 23.5 Å². The predicted octanol–water partition coefficient (Wildman–Crippen LogP) is 3.23. The largest absolute Gasteiger partial charge is 0.392 e. The Labute approximate surface area is 218 Å². The van der Waals surface area contributed by atoms with Gasteiger partial charge in [0.05, 0.1) is 54.1 Å². The number of Topliss-reactive ketones (excluding diaryl/α,β-unsaturated/α-hetero) is 1. The molecular weight excluding hydrogens is 480 g/mol. The zero-order valence-corrected chi connectivity index (χ0v) is 23.1. The van der Waals surface area contributed by atoms with E-state index in [4.69, 9.17) is 4.74 Å². The van der Waals surface area contributed by atoms with E-state index in [9.17, 15) is 24.9 Å². The molecule has 4 N–H and O–H groups in total. The number of carbonyl (C=O) groups excluding carboxylic acids is 2. The number of aliphatic hydroxyl groups is 3. The highest BCUT2D eigenvalue weighted by molar-refractivity contribution is 7.09. The quantitative estimate of drug-likeness (QED) is 0.448. The molecule has 2 saturated heterocycles. The van der Waals surface area contributed by atoms with Crippen molar-refractivity contribution in [1.29, 1.82) is 0 Å². The maximum absolute atomic E-state index is 13.2. The van der Waals surface area contributed by atoms with Gasteiger partial charge >= 0.3 is 0 Å². The van der Waals surface area contributed by atoms with Crippen molar-refractivity contribution in [1.82, 2.24) is 10.3 Å². The number of nitrogens with zero attached hydrogens (tertiary/aromatic N) is 1. The van der Waals surface area contributed by atoms with Crippen molar-refractivity contribution in [3.05, 3.63) is 21.7 Å². The summed E-state index contributed by atoms with van der Waals surface area (Å²) in [6.45, 7) is 10.8. The fourth-order valence-electron chi connectivity index (χ4n) is 5.21. The van der Waals surface area contributed by atoms with Gasteiger partial charge in [-0.1, -0.05) is 34.1 Å². The zero-order chi connectivity index (χ0) is 26.8. The van der Waals surface area contributed by atoms with Crippen LogP contribution in [0.4, 0.5) is 0 Å². The van der Waals surface area contributed by atoms with Gasteiger partial charge in [-0.2, -0.15) is 0 Å². The van der Waals surface area contributed by atoms with E-state index >= 15 is 0 Å². The van der Waals surface area contributed by atoms with Crippen LogP contribution in [0.3, 0.4) is 0 Å². The molecule has 2 aliphatic heterocycles. The van der Waals surface area contributed by atoms with Gasteiger partial charge in [-0.3, -0.25) is 9.59 Å². The van der Waals surface area contributed by atoms with Crippen LogP contribution in [0.25, 0.3) is 6.08 Å². The van der Waals surface area contributed by atoms with E-state index in [-0.39, 0.29) is 48.4 Å². The average Bonchev–Trinajstić information content (AvgIpc) is 3.23. The highest BCUT2D eigenvalue weighted by atomic mass is 32.1. The summed E-state index contributed by atoms with van der Waals surface area (Å²) in [6, 6.07) is -0.331. The monoisotopic (exact) mass is 522 g/mol. The molecular formula is C27H42N2O6S. The van der Waals surface area contributed by atoms with E-state index in [0.717, 1.165) is 30.5 Å². The second kappa shape index (κ2) is 11.4. The van der Waals surface area contributed by atoms with E-state index in [2.05, 4.69) is 17.2 Å². The lowest BCUT2D eigenvalue weighted by molar-refractivity contribution is -0.143. The molecule has 36 heavy (non-hydrogen) atoms. The number of fused-ring (bicyclic) bond motifs is 1. The first-order valence-electron chi connectivity index (χ1n) is 12.9. The van der Waals surface area contributed by atoms with Crippen LogP contribution >= 0.6 is 11.3 Å². The fourth-order valence-corrected chi connectivity index (χ4v) is 5.82. The third-order valence-corrected chi connectivity index (χ3v) is 8.99. The third kappa shape index (κ3) is 6.61. The van der Waals surface area contributed by atoms with Crippen molar-refractivity contribution < 1.29 is 29.6 Å². The minimum Gasteiger partial charge on any atom is -0.392 e. The topological polar surface area (TPSA) is 132 Å². The van der Waals surface area contributed by atoms with Gasteiger partial charge in [0.1, 0.15) is 10.8 Å². The number of ketones is 1. The smallest absolute Gasteiger partial charge is 0.223 e. The summed E-state index contributed by atoms with van der Waals surface area (Å²) in [6.07, 6.45) is 2.67. The van der Waals surface area contributed by atoms with Crippen LogP contribution in [0.5, 0.6) is 0 Å². The molecule has 0 aromatic carbocycles. The van der Waals surface area contributed by atoms with Crippen LogP contribution in [0.1, 0.15) is 84.3 Å². The van der Waals surface area contributed by atoms with Crippen LogP contribution < -0.4 is 5.32 Å². The summed E-state index contributed by atoms with van der Waals surface area (Å²) in [7, 11) is 0. The molecule has 2 fully saturated rings. The number of carbonyl (C=O) groups is 2. The molecule has 1 aromatic heterocycles. The molecule has 0 saturated carbocycles. The number of hydrogen-bond acceptors (Lipinski definition) is 8. The molecule has 2 aliphatic rings. The minimum absolute atomic E-state index is 0.0235. The van der Waals surface area contributed by atoms with Crippen molar-refractivity contribution >= 4 is 29.1 Å². The molecule has 202 valence electrons. The normalized spacial score (nSPS) is 36.8. The fraction of sp³-hybridized carbons (Fsp3) is 0.741. The second-order valence-corrected chi connectivity index (χ2v) is 12.4. The van der Waals surface area contributed by atoms with Gasteiger partial charge in [0.15, 0.2) is 0 Å². The Hall–Kier alpha value is -1.65. The Kier molecular flexibility index (Phi) is 9.15. The van der Waals surface area contributed by atoms with Gasteiger partial charge in [0.25, 0.3) is 0 Å². The molecule has 7 atom stereocenters. The molecule has 3 heterocycles. The molecule has 0 spiro atoms. The number of amides is 1. The summed E-state index contributed by atoms with van der Waals surface area (Å²) in [5.74, 6) is -1.33. The van der Waals surface area contributed by atoms with Crippen molar-refractivity contribution in [3.63, 3.8) is 0 Å². The molecule has 0 aliphatic carbocycles. The van der Waals surface area contributed by atoms with E-state index in [1.54, 1.807) is 20.8 Å². The Morgan fingerprint density at radius 2 is 1.97 bits per heavy atom. The summed E-state index contributed by atoms with van der Waals surface area (Å²) in [4.78, 5) is 30.7. The van der Waals surface area contributed by atoms with Crippen molar-refractivity contribution in [2.75, 3.05) is 0 Å². The first kappa shape index (κ1) is 28.9. The number of aliphatic hydroxyl groups excluding tert-OH is 3. The van der Waals surface area contributed by atoms with Gasteiger partial charge < -0.3 is 25.4 Å². The first-order valence-corrected chi connectivity index (χ1v) is 13.8. The maximum Gasteiger partial charge on any atom is 0.223 e. The SMILES string of the molecule is C/C(=C\c1csc(CO)n1)C1C[C@@H]2O[C@]2(C)CCC[C@H](C)[C@H](O)[C@@H](C)C(=O)C(C)(C)[C@@H](O)CC(=O)N1. The number of hydrogen-bond donors (Lipinski definition) is 4. The Bertz CT molecular complexity index is 975.